The van der Waals surface area contributed by atoms with Crippen LogP contribution in [0.4, 0.5) is 4.39 Å². The number of nitrogens with one attached hydrogen (secondary N) is 1. The predicted octanol–water partition coefficient (Wildman–Crippen LogP) is 4.61. The highest BCUT2D eigenvalue weighted by atomic mass is 35.5. The van der Waals surface area contributed by atoms with Crippen molar-refractivity contribution >= 4 is 23.2 Å². The average molecular weight is 292 g/mol. The van der Waals surface area contributed by atoms with Crippen LogP contribution >= 0.6 is 23.2 Å². The third kappa shape index (κ3) is 5.55. The molecule has 0 amide bonds. The molecule has 0 aliphatic rings. The summed E-state index contributed by atoms with van der Waals surface area (Å²) in [5, 5.41) is 3.85. The monoisotopic (exact) mass is 291 g/mol. The van der Waals surface area contributed by atoms with E-state index in [1.54, 1.807) is 12.1 Å². The van der Waals surface area contributed by atoms with Crippen molar-refractivity contribution in [1.29, 1.82) is 0 Å². The van der Waals surface area contributed by atoms with Crippen LogP contribution in [0.1, 0.15) is 31.7 Å². The Balaban J connectivity index is 2.41. The Morgan fingerprint density at radius 2 is 2.11 bits per heavy atom. The van der Waals surface area contributed by atoms with Crippen molar-refractivity contribution in [3.05, 3.63) is 34.6 Å². The largest absolute Gasteiger partial charge is 0.312 e. The Morgan fingerprint density at radius 1 is 1.33 bits per heavy atom. The van der Waals surface area contributed by atoms with Crippen molar-refractivity contribution in [3.63, 3.8) is 0 Å². The highest BCUT2D eigenvalue weighted by Gasteiger charge is 2.08. The van der Waals surface area contributed by atoms with Gasteiger partial charge >= 0.3 is 0 Å². The molecule has 0 radical (unpaired) electrons. The standard InChI is InChI=1S/C14H20Cl2FN/c1-2-3-11(6-7-15)9-18-10-12-8-13(16)4-5-14(12)17/h4-5,8,11,18H,2-3,6-7,9-10H2,1H3. The fourth-order valence-electron chi connectivity index (χ4n) is 2.00. The van der Waals surface area contributed by atoms with Gasteiger partial charge in [-0.25, -0.2) is 4.39 Å². The number of rotatable bonds is 8. The minimum atomic E-state index is -0.212. The Labute approximate surface area is 119 Å². The van der Waals surface area contributed by atoms with E-state index in [0.717, 1.165) is 25.8 Å². The van der Waals surface area contributed by atoms with Gasteiger partial charge < -0.3 is 5.32 Å². The molecule has 1 aromatic rings. The van der Waals surface area contributed by atoms with E-state index in [-0.39, 0.29) is 5.82 Å². The fourth-order valence-corrected chi connectivity index (χ4v) is 2.50. The van der Waals surface area contributed by atoms with Crippen LogP contribution in [0.25, 0.3) is 0 Å². The maximum atomic E-state index is 13.5. The third-order valence-electron chi connectivity index (χ3n) is 2.97. The molecule has 1 nitrogen and oxygen atoms in total. The van der Waals surface area contributed by atoms with Gasteiger partial charge in [-0.15, -0.1) is 11.6 Å². The van der Waals surface area contributed by atoms with Gasteiger partial charge in [0.25, 0.3) is 0 Å². The van der Waals surface area contributed by atoms with Gasteiger partial charge in [-0.2, -0.15) is 0 Å². The van der Waals surface area contributed by atoms with E-state index in [4.69, 9.17) is 23.2 Å². The second kappa shape index (κ2) is 8.73. The van der Waals surface area contributed by atoms with Crippen LogP contribution in [-0.4, -0.2) is 12.4 Å². The topological polar surface area (TPSA) is 12.0 Å². The fraction of sp³-hybridized carbons (Fsp3) is 0.571. The maximum Gasteiger partial charge on any atom is 0.127 e. The molecule has 0 spiro atoms. The molecule has 1 N–H and O–H groups in total. The maximum absolute atomic E-state index is 13.5. The van der Waals surface area contributed by atoms with Gasteiger partial charge in [-0.3, -0.25) is 0 Å². The van der Waals surface area contributed by atoms with E-state index >= 15 is 0 Å². The molecule has 0 saturated heterocycles. The number of halogens is 3. The van der Waals surface area contributed by atoms with Gasteiger partial charge in [0.2, 0.25) is 0 Å². The number of alkyl halides is 1. The van der Waals surface area contributed by atoms with Gasteiger partial charge in [-0.05, 0) is 43.5 Å². The summed E-state index contributed by atoms with van der Waals surface area (Å²) >= 11 is 11.6. The normalized spacial score (nSPS) is 12.7. The van der Waals surface area contributed by atoms with E-state index in [0.29, 0.717) is 28.9 Å². The molecule has 0 heterocycles. The van der Waals surface area contributed by atoms with Crippen LogP contribution in [0.3, 0.4) is 0 Å². The summed E-state index contributed by atoms with van der Waals surface area (Å²) in [5.41, 5.74) is 0.614. The molecule has 1 rings (SSSR count). The summed E-state index contributed by atoms with van der Waals surface area (Å²) in [4.78, 5) is 0. The van der Waals surface area contributed by atoms with E-state index in [9.17, 15) is 4.39 Å². The summed E-state index contributed by atoms with van der Waals surface area (Å²) in [7, 11) is 0. The molecular formula is C14H20Cl2FN. The zero-order valence-electron chi connectivity index (χ0n) is 10.7. The quantitative estimate of drug-likeness (QED) is 0.690. The second-order valence-corrected chi connectivity index (χ2v) is 5.31. The van der Waals surface area contributed by atoms with Crippen molar-refractivity contribution in [3.8, 4) is 0 Å². The molecule has 1 unspecified atom stereocenters. The molecule has 0 bridgehead atoms. The molecule has 4 heteroatoms. The molecule has 102 valence electrons. The first-order chi connectivity index (χ1) is 8.67. The van der Waals surface area contributed by atoms with E-state index in [2.05, 4.69) is 12.2 Å². The van der Waals surface area contributed by atoms with E-state index in [1.807, 2.05) is 0 Å². The number of hydrogen-bond acceptors (Lipinski definition) is 1. The highest BCUT2D eigenvalue weighted by Crippen LogP contribution is 2.15. The van der Waals surface area contributed by atoms with E-state index in [1.165, 1.54) is 6.07 Å². The Kier molecular flexibility index (Phi) is 7.64. The molecule has 1 atom stereocenters. The first kappa shape index (κ1) is 15.7. The van der Waals surface area contributed by atoms with Crippen molar-refractivity contribution < 1.29 is 4.39 Å². The lowest BCUT2D eigenvalue weighted by atomic mass is 10.0. The van der Waals surface area contributed by atoms with Crippen LogP contribution in [0.15, 0.2) is 18.2 Å². The highest BCUT2D eigenvalue weighted by molar-refractivity contribution is 6.30. The molecule has 0 aliphatic carbocycles. The summed E-state index contributed by atoms with van der Waals surface area (Å²) < 4.78 is 13.5. The number of hydrogen-bond donors (Lipinski definition) is 1. The lowest BCUT2D eigenvalue weighted by molar-refractivity contribution is 0.428. The molecule has 0 saturated carbocycles. The molecule has 1 aromatic carbocycles. The van der Waals surface area contributed by atoms with Crippen LogP contribution in [-0.2, 0) is 6.54 Å². The SMILES string of the molecule is CCCC(CCCl)CNCc1cc(Cl)ccc1F. The third-order valence-corrected chi connectivity index (χ3v) is 3.42. The second-order valence-electron chi connectivity index (χ2n) is 4.50. The number of benzene rings is 1. The first-order valence-electron chi connectivity index (χ1n) is 6.38. The van der Waals surface area contributed by atoms with Crippen molar-refractivity contribution in [2.24, 2.45) is 5.92 Å². The van der Waals surface area contributed by atoms with Crippen LogP contribution < -0.4 is 5.32 Å². The van der Waals surface area contributed by atoms with Crippen molar-refractivity contribution in [2.45, 2.75) is 32.7 Å². The van der Waals surface area contributed by atoms with Crippen LogP contribution in [0, 0.1) is 11.7 Å². The Bertz CT molecular complexity index is 352. The molecule has 18 heavy (non-hydrogen) atoms. The van der Waals surface area contributed by atoms with Crippen molar-refractivity contribution in [1.82, 2.24) is 5.32 Å². The zero-order chi connectivity index (χ0) is 13.4. The molecule has 0 fully saturated rings. The van der Waals surface area contributed by atoms with E-state index < -0.39 is 0 Å². The predicted molar refractivity (Wildman–Crippen MR) is 76.9 cm³/mol. The lowest BCUT2D eigenvalue weighted by Crippen LogP contribution is -2.23. The van der Waals surface area contributed by atoms with Gasteiger partial charge in [-0.1, -0.05) is 24.9 Å². The molecule has 0 aliphatic heterocycles. The van der Waals surface area contributed by atoms with Crippen molar-refractivity contribution in [2.75, 3.05) is 12.4 Å². The minimum Gasteiger partial charge on any atom is -0.312 e. The minimum absolute atomic E-state index is 0.212. The summed E-state index contributed by atoms with van der Waals surface area (Å²) in [5.74, 6) is 1.03. The smallest absolute Gasteiger partial charge is 0.127 e. The van der Waals surface area contributed by atoms with Crippen LogP contribution in [0.2, 0.25) is 5.02 Å². The first-order valence-corrected chi connectivity index (χ1v) is 7.29. The Hall–Kier alpha value is -0.310. The van der Waals surface area contributed by atoms with Crippen LogP contribution in [0.5, 0.6) is 0 Å². The zero-order valence-corrected chi connectivity index (χ0v) is 12.2. The summed E-state index contributed by atoms with van der Waals surface area (Å²) in [6, 6.07) is 4.63. The Morgan fingerprint density at radius 3 is 2.78 bits per heavy atom. The molecular weight excluding hydrogens is 272 g/mol. The molecule has 0 aromatic heterocycles. The van der Waals surface area contributed by atoms with Gasteiger partial charge in [0, 0.05) is 23.0 Å². The van der Waals surface area contributed by atoms with Gasteiger partial charge in [0.15, 0.2) is 0 Å². The summed E-state index contributed by atoms with van der Waals surface area (Å²) in [6.07, 6.45) is 3.30. The average Bonchev–Trinajstić information content (AvgIpc) is 2.34. The van der Waals surface area contributed by atoms with Gasteiger partial charge in [0.1, 0.15) is 5.82 Å². The summed E-state index contributed by atoms with van der Waals surface area (Å²) in [6.45, 7) is 3.54. The lowest BCUT2D eigenvalue weighted by Gasteiger charge is -2.15. The van der Waals surface area contributed by atoms with Gasteiger partial charge in [0.05, 0.1) is 0 Å².